The van der Waals surface area contributed by atoms with Gasteiger partial charge in [-0.3, -0.25) is 9.59 Å². The van der Waals surface area contributed by atoms with Gasteiger partial charge in [0, 0.05) is 38.0 Å². The quantitative estimate of drug-likeness (QED) is 0.798. The maximum absolute atomic E-state index is 12.4. The molecular weight excluding hydrogens is 276 g/mol. The molecule has 5 nitrogen and oxygen atoms in total. The first kappa shape index (κ1) is 15.0. The molecule has 0 aliphatic carbocycles. The third kappa shape index (κ3) is 3.36. The number of carbonyl (C=O) groups excluding carboxylic acids is 2. The summed E-state index contributed by atoms with van der Waals surface area (Å²) in [6, 6.07) is 1.89. The number of aryl methyl sites for hydroxylation is 1. The molecule has 1 aliphatic heterocycles. The molecule has 2 amide bonds. The molecule has 2 heterocycles. The molecule has 0 radical (unpaired) electrons. The first-order chi connectivity index (χ1) is 9.49. The fourth-order valence-corrected chi connectivity index (χ4v) is 3.21. The number of rotatable bonds is 3. The van der Waals surface area contributed by atoms with E-state index < -0.39 is 0 Å². The summed E-state index contributed by atoms with van der Waals surface area (Å²) in [5.74, 6) is 1.04. The van der Waals surface area contributed by atoms with Gasteiger partial charge >= 0.3 is 0 Å². The van der Waals surface area contributed by atoms with Crippen molar-refractivity contribution >= 4 is 23.6 Å². The maximum atomic E-state index is 12.4. The fourth-order valence-electron chi connectivity index (χ4n) is 2.24. The van der Waals surface area contributed by atoms with E-state index in [-0.39, 0.29) is 17.1 Å². The third-order valence-electron chi connectivity index (χ3n) is 3.50. The highest BCUT2D eigenvalue weighted by atomic mass is 32.2. The van der Waals surface area contributed by atoms with Crippen molar-refractivity contribution in [1.29, 1.82) is 0 Å². The summed E-state index contributed by atoms with van der Waals surface area (Å²) < 4.78 is 5.24. The van der Waals surface area contributed by atoms with Crippen molar-refractivity contribution in [2.75, 3.05) is 26.2 Å². The van der Waals surface area contributed by atoms with E-state index in [0.717, 1.165) is 10.7 Å². The predicted octanol–water partition coefficient (Wildman–Crippen LogP) is 1.76. The molecule has 20 heavy (non-hydrogen) atoms. The monoisotopic (exact) mass is 296 g/mol. The van der Waals surface area contributed by atoms with Crippen LogP contribution in [0.25, 0.3) is 0 Å². The topological polar surface area (TPSA) is 53.8 Å². The molecule has 1 saturated heterocycles. The lowest BCUT2D eigenvalue weighted by atomic mass is 10.3. The highest BCUT2D eigenvalue weighted by molar-refractivity contribution is 8.00. The fraction of sp³-hybridized carbons (Fsp3) is 0.571. The van der Waals surface area contributed by atoms with E-state index >= 15 is 0 Å². The molecule has 1 aromatic rings. The Hall–Kier alpha value is -1.43. The summed E-state index contributed by atoms with van der Waals surface area (Å²) >= 11 is 1.52. The summed E-state index contributed by atoms with van der Waals surface area (Å²) in [6.45, 7) is 7.87. The molecule has 0 bridgehead atoms. The standard InChI is InChI=1S/C14H20N2O3S/c1-10-13(4-9-19-10)20-11(2)14(18)16-7-5-15(6-8-16)12(3)17/h4,9,11H,5-8H2,1-3H3/t11-/m1/s1. The van der Waals surface area contributed by atoms with Crippen LogP contribution < -0.4 is 0 Å². The van der Waals surface area contributed by atoms with Crippen LogP contribution in [0.15, 0.2) is 21.6 Å². The Balaban J connectivity index is 1.88. The number of piperazine rings is 1. The van der Waals surface area contributed by atoms with Crippen molar-refractivity contribution in [3.63, 3.8) is 0 Å². The highest BCUT2D eigenvalue weighted by Crippen LogP contribution is 2.28. The number of hydrogen-bond donors (Lipinski definition) is 0. The molecule has 0 saturated carbocycles. The van der Waals surface area contributed by atoms with Gasteiger partial charge in [-0.05, 0) is 19.9 Å². The molecule has 1 aromatic heterocycles. The van der Waals surface area contributed by atoms with E-state index in [2.05, 4.69) is 0 Å². The number of hydrogen-bond acceptors (Lipinski definition) is 4. The lowest BCUT2D eigenvalue weighted by Gasteiger charge is -2.35. The van der Waals surface area contributed by atoms with E-state index in [9.17, 15) is 9.59 Å². The molecule has 6 heteroatoms. The number of thioether (sulfide) groups is 1. The van der Waals surface area contributed by atoms with Gasteiger partial charge in [0.1, 0.15) is 5.76 Å². The van der Waals surface area contributed by atoms with Crippen molar-refractivity contribution < 1.29 is 14.0 Å². The third-order valence-corrected chi connectivity index (χ3v) is 4.73. The minimum atomic E-state index is -0.143. The van der Waals surface area contributed by atoms with Crippen LogP contribution in [0.2, 0.25) is 0 Å². The normalized spacial score (nSPS) is 17.1. The predicted molar refractivity (Wildman–Crippen MR) is 77.6 cm³/mol. The molecule has 0 spiro atoms. The molecular formula is C14H20N2O3S. The number of furan rings is 1. The lowest BCUT2D eigenvalue weighted by Crippen LogP contribution is -2.51. The summed E-state index contributed by atoms with van der Waals surface area (Å²) in [6.07, 6.45) is 1.64. The average Bonchev–Trinajstić information content (AvgIpc) is 2.83. The Bertz CT molecular complexity index is 492. The van der Waals surface area contributed by atoms with Gasteiger partial charge in [0.25, 0.3) is 0 Å². The molecule has 1 fully saturated rings. The second-order valence-electron chi connectivity index (χ2n) is 4.93. The van der Waals surface area contributed by atoms with Crippen molar-refractivity contribution in [3.8, 4) is 0 Å². The van der Waals surface area contributed by atoms with Gasteiger partial charge in [-0.15, -0.1) is 11.8 Å². The molecule has 0 unspecified atom stereocenters. The molecule has 1 atom stereocenters. The maximum Gasteiger partial charge on any atom is 0.235 e. The van der Waals surface area contributed by atoms with E-state index in [1.807, 2.05) is 24.8 Å². The zero-order valence-corrected chi connectivity index (χ0v) is 12.9. The van der Waals surface area contributed by atoms with Gasteiger partial charge in [-0.2, -0.15) is 0 Å². The van der Waals surface area contributed by atoms with Crippen LogP contribution in [0.3, 0.4) is 0 Å². The molecule has 0 aromatic carbocycles. The van der Waals surface area contributed by atoms with Gasteiger partial charge in [-0.1, -0.05) is 0 Å². The van der Waals surface area contributed by atoms with E-state index in [4.69, 9.17) is 4.42 Å². The Morgan fingerprint density at radius 2 is 1.85 bits per heavy atom. The van der Waals surface area contributed by atoms with Crippen molar-refractivity contribution in [1.82, 2.24) is 9.80 Å². The summed E-state index contributed by atoms with van der Waals surface area (Å²) in [5.41, 5.74) is 0. The van der Waals surface area contributed by atoms with E-state index in [0.29, 0.717) is 26.2 Å². The zero-order chi connectivity index (χ0) is 14.7. The van der Waals surface area contributed by atoms with E-state index in [1.165, 1.54) is 11.8 Å². The average molecular weight is 296 g/mol. The second kappa shape index (κ2) is 6.35. The molecule has 0 N–H and O–H groups in total. The largest absolute Gasteiger partial charge is 0.468 e. The Labute approximate surface area is 123 Å². The van der Waals surface area contributed by atoms with E-state index in [1.54, 1.807) is 18.1 Å². The van der Waals surface area contributed by atoms with Crippen LogP contribution in [-0.4, -0.2) is 53.0 Å². The van der Waals surface area contributed by atoms with Gasteiger partial charge in [0.2, 0.25) is 11.8 Å². The van der Waals surface area contributed by atoms with Crippen molar-refractivity contribution in [2.24, 2.45) is 0 Å². The summed E-state index contributed by atoms with van der Waals surface area (Å²) in [4.78, 5) is 28.3. The number of amides is 2. The SMILES string of the molecule is CC(=O)N1CCN(C(=O)[C@@H](C)Sc2ccoc2C)CC1. The molecule has 2 rings (SSSR count). The molecule has 1 aliphatic rings. The first-order valence-corrected chi connectivity index (χ1v) is 7.62. The van der Waals surface area contributed by atoms with Crippen LogP contribution in [0, 0.1) is 6.92 Å². The number of nitrogens with zero attached hydrogens (tertiary/aromatic N) is 2. The summed E-state index contributed by atoms with van der Waals surface area (Å²) in [5, 5.41) is -0.143. The van der Waals surface area contributed by atoms with Crippen LogP contribution >= 0.6 is 11.8 Å². The van der Waals surface area contributed by atoms with Gasteiger partial charge in [-0.25, -0.2) is 0 Å². The minimum Gasteiger partial charge on any atom is -0.468 e. The van der Waals surface area contributed by atoms with Gasteiger partial charge in [0.15, 0.2) is 0 Å². The zero-order valence-electron chi connectivity index (χ0n) is 12.1. The lowest BCUT2D eigenvalue weighted by molar-refractivity contribution is -0.137. The Kier molecular flexibility index (Phi) is 4.75. The van der Waals surface area contributed by atoms with Crippen LogP contribution in [0.4, 0.5) is 0 Å². The van der Waals surface area contributed by atoms with Gasteiger partial charge < -0.3 is 14.2 Å². The van der Waals surface area contributed by atoms with Crippen LogP contribution in [0.5, 0.6) is 0 Å². The van der Waals surface area contributed by atoms with Gasteiger partial charge in [0.05, 0.1) is 11.5 Å². The minimum absolute atomic E-state index is 0.0774. The van der Waals surface area contributed by atoms with Crippen LogP contribution in [0.1, 0.15) is 19.6 Å². The Morgan fingerprint density at radius 1 is 1.25 bits per heavy atom. The summed E-state index contributed by atoms with van der Waals surface area (Å²) in [7, 11) is 0. The first-order valence-electron chi connectivity index (χ1n) is 6.74. The van der Waals surface area contributed by atoms with Crippen LogP contribution in [-0.2, 0) is 9.59 Å². The number of carbonyl (C=O) groups is 2. The molecule has 110 valence electrons. The highest BCUT2D eigenvalue weighted by Gasteiger charge is 2.26. The Morgan fingerprint density at radius 3 is 2.35 bits per heavy atom. The van der Waals surface area contributed by atoms with Crippen molar-refractivity contribution in [2.45, 2.75) is 30.9 Å². The second-order valence-corrected chi connectivity index (χ2v) is 6.32. The van der Waals surface area contributed by atoms with Crippen molar-refractivity contribution in [3.05, 3.63) is 18.1 Å². The smallest absolute Gasteiger partial charge is 0.235 e.